The minimum atomic E-state index is -1.84. The van der Waals surface area contributed by atoms with Gasteiger partial charge in [0.05, 0.1) is 4.92 Å². The first-order valence-electron chi connectivity index (χ1n) is 4.77. The first-order chi connectivity index (χ1) is 7.92. The Kier molecular flexibility index (Phi) is 4.33. The monoisotopic (exact) mass is 256 g/mol. The van der Waals surface area contributed by atoms with Crippen LogP contribution in [-0.4, -0.2) is 16.0 Å². The van der Waals surface area contributed by atoms with Crippen molar-refractivity contribution in [1.82, 2.24) is 5.32 Å². The molecule has 0 aliphatic rings. The van der Waals surface area contributed by atoms with Crippen LogP contribution in [0.15, 0.2) is 30.3 Å². The maximum Gasteiger partial charge on any atom is 0.413 e. The molecule has 6 nitrogen and oxygen atoms in total. The summed E-state index contributed by atoms with van der Waals surface area (Å²) in [6.07, 6.45) is -0.886. The minimum Gasteiger partial charge on any atom is -0.445 e. The largest absolute Gasteiger partial charge is 0.445 e. The van der Waals surface area contributed by atoms with Gasteiger partial charge in [-0.05, 0) is 5.56 Å². The first kappa shape index (κ1) is 13.3. The molecule has 0 saturated carbocycles. The molecule has 92 valence electrons. The molecule has 1 aromatic carbocycles. The van der Waals surface area contributed by atoms with Crippen molar-refractivity contribution in [2.45, 2.75) is 18.5 Å². The number of nitro groups is 1. The van der Waals surface area contributed by atoms with Crippen molar-refractivity contribution in [2.75, 3.05) is 0 Å². The molecule has 1 unspecified atom stereocenters. The Morgan fingerprint density at radius 2 is 2.12 bits per heavy atom. The molecule has 1 rings (SSSR count). The van der Waals surface area contributed by atoms with Crippen LogP contribution in [0, 0.1) is 10.1 Å². The molecule has 7 heteroatoms. The van der Waals surface area contributed by atoms with Crippen LogP contribution >= 0.6 is 12.6 Å². The van der Waals surface area contributed by atoms with Crippen molar-refractivity contribution in [1.29, 1.82) is 0 Å². The highest BCUT2D eigenvalue weighted by molar-refractivity contribution is 7.81. The fraction of sp³-hybridized carbons (Fsp3) is 0.300. The predicted octanol–water partition coefficient (Wildman–Crippen LogP) is 1.79. The van der Waals surface area contributed by atoms with Gasteiger partial charge < -0.3 is 4.74 Å². The molecule has 0 bridgehead atoms. The number of rotatable bonds is 4. The van der Waals surface area contributed by atoms with Crippen molar-refractivity contribution < 1.29 is 14.5 Å². The molecule has 0 fully saturated rings. The number of hydrogen-bond acceptors (Lipinski definition) is 5. The Balaban J connectivity index is 2.44. The predicted molar refractivity (Wildman–Crippen MR) is 64.1 cm³/mol. The number of carbonyl (C=O) groups is 1. The summed E-state index contributed by atoms with van der Waals surface area (Å²) >= 11 is 3.69. The van der Waals surface area contributed by atoms with Crippen LogP contribution in [0.1, 0.15) is 12.5 Å². The van der Waals surface area contributed by atoms with Crippen molar-refractivity contribution in [3.8, 4) is 0 Å². The summed E-state index contributed by atoms with van der Waals surface area (Å²) in [6.45, 7) is 1.20. The molecule has 1 aromatic rings. The average Bonchev–Trinajstić information content (AvgIpc) is 2.27. The number of hydrogen-bond donors (Lipinski definition) is 2. The van der Waals surface area contributed by atoms with E-state index >= 15 is 0 Å². The van der Waals surface area contributed by atoms with Crippen LogP contribution in [0.5, 0.6) is 0 Å². The summed E-state index contributed by atoms with van der Waals surface area (Å²) < 4.78 is 4.81. The highest BCUT2D eigenvalue weighted by Gasteiger charge is 2.34. The average molecular weight is 256 g/mol. The lowest BCUT2D eigenvalue weighted by atomic mass is 10.2. The zero-order valence-corrected chi connectivity index (χ0v) is 10.0. The Hall–Kier alpha value is -1.76. The van der Waals surface area contributed by atoms with E-state index in [0.29, 0.717) is 0 Å². The van der Waals surface area contributed by atoms with E-state index in [2.05, 4.69) is 12.6 Å². The number of alkyl carbamates (subject to hydrolysis) is 1. The van der Waals surface area contributed by atoms with E-state index in [-0.39, 0.29) is 6.61 Å². The van der Waals surface area contributed by atoms with Crippen molar-refractivity contribution >= 4 is 18.7 Å². The zero-order chi connectivity index (χ0) is 12.9. The number of thiol groups is 1. The molecule has 0 aliphatic heterocycles. The standard InChI is InChI=1S/C10H12N2O4S/c1-10(17,12(14)15)11-9(13)16-7-8-5-3-2-4-6-8/h2-6,17H,7H2,1H3,(H,11,13). The molecule has 0 spiro atoms. The van der Waals surface area contributed by atoms with Crippen LogP contribution in [-0.2, 0) is 11.3 Å². The van der Waals surface area contributed by atoms with Gasteiger partial charge in [-0.2, -0.15) is 0 Å². The van der Waals surface area contributed by atoms with E-state index in [1.54, 1.807) is 24.3 Å². The smallest absolute Gasteiger partial charge is 0.413 e. The van der Waals surface area contributed by atoms with E-state index in [1.807, 2.05) is 11.4 Å². The van der Waals surface area contributed by atoms with Crippen molar-refractivity contribution in [3.63, 3.8) is 0 Å². The number of nitrogens with zero attached hydrogens (tertiary/aromatic N) is 1. The Morgan fingerprint density at radius 3 is 2.65 bits per heavy atom. The lowest BCUT2D eigenvalue weighted by Crippen LogP contribution is -2.47. The second-order valence-corrected chi connectivity index (χ2v) is 4.34. The molecule has 0 radical (unpaired) electrons. The van der Waals surface area contributed by atoms with Crippen LogP contribution in [0.2, 0.25) is 0 Å². The van der Waals surface area contributed by atoms with E-state index in [0.717, 1.165) is 12.5 Å². The number of benzene rings is 1. The normalized spacial score (nSPS) is 13.5. The van der Waals surface area contributed by atoms with Gasteiger partial charge in [-0.1, -0.05) is 43.0 Å². The van der Waals surface area contributed by atoms with Gasteiger partial charge in [-0.15, -0.1) is 0 Å². The van der Waals surface area contributed by atoms with Crippen LogP contribution in [0.25, 0.3) is 0 Å². The second-order valence-electron chi connectivity index (χ2n) is 3.46. The highest BCUT2D eigenvalue weighted by Crippen LogP contribution is 2.10. The Labute approximate surface area is 104 Å². The number of nitrogens with one attached hydrogen (secondary N) is 1. The van der Waals surface area contributed by atoms with E-state index in [1.165, 1.54) is 0 Å². The SMILES string of the molecule is CC(S)(NC(=O)OCc1ccccc1)[N+](=O)[O-]. The van der Waals surface area contributed by atoms with Gasteiger partial charge in [0.2, 0.25) is 0 Å². The molecule has 0 aliphatic carbocycles. The molecule has 0 aromatic heterocycles. The summed E-state index contributed by atoms with van der Waals surface area (Å²) in [5, 5.41) is 12.5. The molecule has 0 heterocycles. The van der Waals surface area contributed by atoms with Gasteiger partial charge in [-0.3, -0.25) is 10.1 Å². The van der Waals surface area contributed by atoms with Gasteiger partial charge in [0, 0.05) is 6.92 Å². The quantitative estimate of drug-likeness (QED) is 0.372. The van der Waals surface area contributed by atoms with Crippen molar-refractivity contribution in [3.05, 3.63) is 46.0 Å². The maximum absolute atomic E-state index is 11.2. The maximum atomic E-state index is 11.2. The molecule has 0 saturated heterocycles. The third-order valence-electron chi connectivity index (χ3n) is 1.91. The summed E-state index contributed by atoms with van der Waals surface area (Å²) in [5.41, 5.74) is 0.796. The van der Waals surface area contributed by atoms with Crippen LogP contribution in [0.4, 0.5) is 4.79 Å². The summed E-state index contributed by atoms with van der Waals surface area (Å²) in [6, 6.07) is 9.00. The molecular formula is C10H12N2O4S. The van der Waals surface area contributed by atoms with E-state index < -0.39 is 16.0 Å². The Morgan fingerprint density at radius 1 is 1.53 bits per heavy atom. The minimum absolute atomic E-state index is 0.0498. The molecule has 1 N–H and O–H groups in total. The molecule has 1 amide bonds. The Bertz CT molecular complexity index is 408. The summed E-state index contributed by atoms with van der Waals surface area (Å²) in [7, 11) is 0. The number of ether oxygens (including phenoxy) is 1. The fourth-order valence-corrected chi connectivity index (χ4v) is 1.09. The fourth-order valence-electron chi connectivity index (χ4n) is 0.998. The summed E-state index contributed by atoms with van der Waals surface area (Å²) in [5.74, 6) is 0. The van der Waals surface area contributed by atoms with Crippen LogP contribution in [0.3, 0.4) is 0 Å². The second kappa shape index (κ2) is 5.53. The summed E-state index contributed by atoms with van der Waals surface area (Å²) in [4.78, 5) is 19.2. The third-order valence-corrected chi connectivity index (χ3v) is 2.18. The first-order valence-corrected chi connectivity index (χ1v) is 5.22. The van der Waals surface area contributed by atoms with Gasteiger partial charge in [0.1, 0.15) is 6.61 Å². The zero-order valence-electron chi connectivity index (χ0n) is 9.12. The van der Waals surface area contributed by atoms with E-state index in [9.17, 15) is 14.9 Å². The molecular weight excluding hydrogens is 244 g/mol. The lowest BCUT2D eigenvalue weighted by Gasteiger charge is -2.15. The van der Waals surface area contributed by atoms with Gasteiger partial charge in [0.15, 0.2) is 0 Å². The molecule has 17 heavy (non-hydrogen) atoms. The van der Waals surface area contributed by atoms with E-state index in [4.69, 9.17) is 4.74 Å². The van der Waals surface area contributed by atoms with Crippen LogP contribution < -0.4 is 5.32 Å². The lowest BCUT2D eigenvalue weighted by molar-refractivity contribution is -0.537. The number of amides is 1. The molecule has 1 atom stereocenters. The van der Waals surface area contributed by atoms with Gasteiger partial charge >= 0.3 is 11.1 Å². The van der Waals surface area contributed by atoms with Gasteiger partial charge in [0.25, 0.3) is 0 Å². The highest BCUT2D eigenvalue weighted by atomic mass is 32.1. The third kappa shape index (κ3) is 4.31. The number of carbonyl (C=O) groups excluding carboxylic acids is 1. The van der Waals surface area contributed by atoms with Gasteiger partial charge in [-0.25, -0.2) is 10.1 Å². The topological polar surface area (TPSA) is 81.5 Å². The van der Waals surface area contributed by atoms with Crippen molar-refractivity contribution in [2.24, 2.45) is 0 Å².